The Morgan fingerprint density at radius 2 is 1.61 bits per heavy atom. The maximum atomic E-state index is 12.3. The van der Waals surface area contributed by atoms with Gasteiger partial charge in [0.15, 0.2) is 5.69 Å². The Balaban J connectivity index is 1.72. The second-order valence-electron chi connectivity index (χ2n) is 6.27. The molecule has 28 heavy (non-hydrogen) atoms. The van der Waals surface area contributed by atoms with E-state index in [4.69, 9.17) is 11.6 Å². The molecule has 138 valence electrons. The minimum Gasteiger partial charge on any atom is -0.493 e. The van der Waals surface area contributed by atoms with Crippen molar-refractivity contribution in [1.82, 2.24) is 4.57 Å². The summed E-state index contributed by atoms with van der Waals surface area (Å²) in [6, 6.07) is 23.7. The molecule has 6 heteroatoms. The Morgan fingerprint density at radius 3 is 2.36 bits per heavy atom. The van der Waals surface area contributed by atoms with E-state index in [1.807, 2.05) is 54.6 Å². The fourth-order valence-electron chi connectivity index (χ4n) is 3.04. The standard InChI is InChI=1S/C22H16ClN3O2/c23-17-12-10-16(11-13-17)21(27)25-24-20-18-8-4-5-9-19(18)26(22(20)28)14-15-6-2-1-3-7-15/h1-13,28H,14H2. The number of azo groups is 1. The Kier molecular flexibility index (Phi) is 4.91. The highest BCUT2D eigenvalue weighted by atomic mass is 35.5. The lowest BCUT2D eigenvalue weighted by Gasteiger charge is -2.06. The number of amides is 1. The van der Waals surface area contributed by atoms with E-state index in [9.17, 15) is 9.90 Å². The van der Waals surface area contributed by atoms with Gasteiger partial charge < -0.3 is 9.67 Å². The summed E-state index contributed by atoms with van der Waals surface area (Å²) in [5.74, 6) is -0.534. The van der Waals surface area contributed by atoms with Gasteiger partial charge in [0, 0.05) is 16.0 Å². The van der Waals surface area contributed by atoms with Gasteiger partial charge in [0.05, 0.1) is 12.1 Å². The molecular formula is C22H16ClN3O2. The number of nitrogens with zero attached hydrogens (tertiary/aromatic N) is 3. The van der Waals surface area contributed by atoms with Crippen molar-refractivity contribution in [2.45, 2.75) is 6.54 Å². The number of rotatable bonds is 4. The van der Waals surface area contributed by atoms with Crippen molar-refractivity contribution >= 4 is 34.1 Å². The Labute approximate surface area is 166 Å². The molecule has 0 aliphatic rings. The predicted octanol–water partition coefficient (Wildman–Crippen LogP) is 5.97. The number of hydrogen-bond donors (Lipinski definition) is 1. The van der Waals surface area contributed by atoms with Crippen LogP contribution < -0.4 is 0 Å². The number of aromatic hydroxyl groups is 1. The lowest BCUT2D eigenvalue weighted by Crippen LogP contribution is -1.98. The van der Waals surface area contributed by atoms with E-state index in [0.29, 0.717) is 17.1 Å². The zero-order valence-electron chi connectivity index (χ0n) is 14.8. The molecule has 0 atom stereocenters. The summed E-state index contributed by atoms with van der Waals surface area (Å²) < 4.78 is 1.76. The van der Waals surface area contributed by atoms with E-state index in [-0.39, 0.29) is 11.6 Å². The minimum atomic E-state index is -0.504. The SMILES string of the molecule is O=C(N=Nc1c(O)n(Cc2ccccc2)c2ccccc12)c1ccc(Cl)cc1. The van der Waals surface area contributed by atoms with Crippen LogP contribution in [-0.2, 0) is 6.54 Å². The zero-order valence-corrected chi connectivity index (χ0v) is 15.5. The third kappa shape index (κ3) is 3.52. The van der Waals surface area contributed by atoms with Crippen LogP contribution in [0.5, 0.6) is 5.88 Å². The van der Waals surface area contributed by atoms with Gasteiger partial charge in [-0.15, -0.1) is 10.2 Å². The van der Waals surface area contributed by atoms with E-state index in [0.717, 1.165) is 16.5 Å². The molecule has 1 heterocycles. The van der Waals surface area contributed by atoms with Crippen molar-refractivity contribution in [3.8, 4) is 5.88 Å². The van der Waals surface area contributed by atoms with Crippen LogP contribution in [0.2, 0.25) is 5.02 Å². The molecule has 1 N–H and O–H groups in total. The number of benzene rings is 3. The van der Waals surface area contributed by atoms with Gasteiger partial charge in [0.2, 0.25) is 5.88 Å². The molecule has 0 fully saturated rings. The molecule has 0 radical (unpaired) electrons. The van der Waals surface area contributed by atoms with Crippen molar-refractivity contribution < 1.29 is 9.90 Å². The van der Waals surface area contributed by atoms with Gasteiger partial charge in [0.1, 0.15) is 0 Å². The molecule has 3 aromatic carbocycles. The smallest absolute Gasteiger partial charge is 0.295 e. The summed E-state index contributed by atoms with van der Waals surface area (Å²) in [4.78, 5) is 12.3. The molecule has 5 nitrogen and oxygen atoms in total. The molecule has 0 saturated heterocycles. The Morgan fingerprint density at radius 1 is 0.929 bits per heavy atom. The van der Waals surface area contributed by atoms with Gasteiger partial charge in [-0.3, -0.25) is 4.79 Å². The van der Waals surface area contributed by atoms with E-state index >= 15 is 0 Å². The maximum Gasteiger partial charge on any atom is 0.295 e. The van der Waals surface area contributed by atoms with Crippen LogP contribution in [0.4, 0.5) is 5.69 Å². The minimum absolute atomic E-state index is 0.0299. The van der Waals surface area contributed by atoms with Crippen LogP contribution in [0.3, 0.4) is 0 Å². The summed E-state index contributed by atoms with van der Waals surface area (Å²) in [6.45, 7) is 0.480. The van der Waals surface area contributed by atoms with Crippen LogP contribution in [0, 0.1) is 0 Å². The number of hydrogen-bond acceptors (Lipinski definition) is 3. The van der Waals surface area contributed by atoms with E-state index in [1.54, 1.807) is 28.8 Å². The molecule has 0 bridgehead atoms. The summed E-state index contributed by atoms with van der Waals surface area (Å²) in [5, 5.41) is 19.9. The largest absolute Gasteiger partial charge is 0.493 e. The Bertz CT molecular complexity index is 1170. The first kappa shape index (κ1) is 17.9. The van der Waals surface area contributed by atoms with Crippen LogP contribution in [0.15, 0.2) is 89.1 Å². The van der Waals surface area contributed by atoms with Gasteiger partial charge in [-0.2, -0.15) is 0 Å². The molecule has 0 spiro atoms. The van der Waals surface area contributed by atoms with Gasteiger partial charge in [-0.05, 0) is 35.9 Å². The molecular weight excluding hydrogens is 374 g/mol. The van der Waals surface area contributed by atoms with E-state index in [1.165, 1.54) is 0 Å². The summed E-state index contributed by atoms with van der Waals surface area (Å²) in [6.07, 6.45) is 0. The molecule has 4 aromatic rings. The van der Waals surface area contributed by atoms with Crippen LogP contribution in [0.1, 0.15) is 15.9 Å². The summed E-state index contributed by atoms with van der Waals surface area (Å²) >= 11 is 5.84. The van der Waals surface area contributed by atoms with Gasteiger partial charge in [-0.25, -0.2) is 0 Å². The molecule has 4 rings (SSSR count). The second-order valence-corrected chi connectivity index (χ2v) is 6.71. The topological polar surface area (TPSA) is 66.9 Å². The number of para-hydroxylation sites is 1. The highest BCUT2D eigenvalue weighted by Gasteiger charge is 2.17. The van der Waals surface area contributed by atoms with Crippen molar-refractivity contribution in [3.05, 3.63) is 95.0 Å². The predicted molar refractivity (Wildman–Crippen MR) is 109 cm³/mol. The van der Waals surface area contributed by atoms with Crippen LogP contribution in [0.25, 0.3) is 10.9 Å². The first-order valence-corrected chi connectivity index (χ1v) is 9.07. The third-order valence-electron chi connectivity index (χ3n) is 4.43. The monoisotopic (exact) mass is 389 g/mol. The maximum absolute atomic E-state index is 12.3. The fraction of sp³-hybridized carbons (Fsp3) is 0.0455. The lowest BCUT2D eigenvalue weighted by atomic mass is 10.2. The van der Waals surface area contributed by atoms with Crippen molar-refractivity contribution in [1.29, 1.82) is 0 Å². The van der Waals surface area contributed by atoms with Crippen LogP contribution >= 0.6 is 11.6 Å². The second kappa shape index (κ2) is 7.66. The molecule has 1 aromatic heterocycles. The fourth-order valence-corrected chi connectivity index (χ4v) is 3.17. The van der Waals surface area contributed by atoms with Crippen LogP contribution in [-0.4, -0.2) is 15.6 Å². The molecule has 0 unspecified atom stereocenters. The number of carbonyl (C=O) groups is 1. The highest BCUT2D eigenvalue weighted by Crippen LogP contribution is 2.39. The summed E-state index contributed by atoms with van der Waals surface area (Å²) in [7, 11) is 0. The highest BCUT2D eigenvalue weighted by molar-refractivity contribution is 6.30. The van der Waals surface area contributed by atoms with E-state index < -0.39 is 5.91 Å². The molecule has 1 amide bonds. The average molecular weight is 390 g/mol. The molecule has 0 aliphatic heterocycles. The average Bonchev–Trinajstić information content (AvgIpc) is 2.99. The first-order valence-electron chi connectivity index (χ1n) is 8.69. The van der Waals surface area contributed by atoms with E-state index in [2.05, 4.69) is 10.2 Å². The van der Waals surface area contributed by atoms with Crippen molar-refractivity contribution in [3.63, 3.8) is 0 Å². The lowest BCUT2D eigenvalue weighted by molar-refractivity contribution is 0.0995. The molecule has 0 aliphatic carbocycles. The third-order valence-corrected chi connectivity index (χ3v) is 4.68. The van der Waals surface area contributed by atoms with Gasteiger partial charge >= 0.3 is 0 Å². The Hall–Kier alpha value is -3.44. The van der Waals surface area contributed by atoms with Crippen molar-refractivity contribution in [2.75, 3.05) is 0 Å². The first-order chi connectivity index (χ1) is 13.6. The normalized spacial score (nSPS) is 11.3. The summed E-state index contributed by atoms with van der Waals surface area (Å²) in [5.41, 5.74) is 2.51. The zero-order chi connectivity index (χ0) is 19.5. The quantitative estimate of drug-likeness (QED) is 0.437. The number of halogens is 1. The van der Waals surface area contributed by atoms with Crippen molar-refractivity contribution in [2.24, 2.45) is 10.2 Å². The number of fused-ring (bicyclic) bond motifs is 1. The van der Waals surface area contributed by atoms with Gasteiger partial charge in [0.25, 0.3) is 5.91 Å². The molecule has 0 saturated carbocycles. The van der Waals surface area contributed by atoms with Gasteiger partial charge in [-0.1, -0.05) is 60.1 Å². The number of aromatic nitrogens is 1. The number of carbonyl (C=O) groups excluding carboxylic acids is 1.